The summed E-state index contributed by atoms with van der Waals surface area (Å²) in [7, 11) is 0. The lowest BCUT2D eigenvalue weighted by atomic mass is 9.96. The van der Waals surface area contributed by atoms with E-state index in [9.17, 15) is 0 Å². The summed E-state index contributed by atoms with van der Waals surface area (Å²) in [5.74, 6) is 0. The highest BCUT2D eigenvalue weighted by Gasteiger charge is 2.26. The number of hydrogen-bond acceptors (Lipinski definition) is 0. The third-order valence-electron chi connectivity index (χ3n) is 5.46. The van der Waals surface area contributed by atoms with Crippen molar-refractivity contribution < 1.29 is 0 Å². The second-order valence-electron chi connectivity index (χ2n) is 7.09. The number of aromatic nitrogens is 1. The third-order valence-corrected chi connectivity index (χ3v) is 5.46. The minimum Gasteiger partial charge on any atom is -0.338 e. The number of fused-ring (bicyclic) bond motifs is 6. The van der Waals surface area contributed by atoms with Gasteiger partial charge in [-0.1, -0.05) is 36.4 Å². The molecule has 0 aliphatic heterocycles. The van der Waals surface area contributed by atoms with Gasteiger partial charge >= 0.3 is 0 Å². The van der Waals surface area contributed by atoms with Crippen molar-refractivity contribution in [3.05, 3.63) is 65.3 Å². The molecule has 0 fully saturated rings. The third kappa shape index (κ3) is 1.68. The number of rotatable bonds is 1. The topological polar surface area (TPSA) is 4.93 Å². The number of allylic oxidation sites excluding steroid dienone is 4. The Morgan fingerprint density at radius 3 is 2.74 bits per heavy atom. The summed E-state index contributed by atoms with van der Waals surface area (Å²) in [6, 6.07) is 14.1. The predicted molar refractivity (Wildman–Crippen MR) is 98.8 cm³/mol. The van der Waals surface area contributed by atoms with Crippen LogP contribution in [0.1, 0.15) is 43.9 Å². The highest BCUT2D eigenvalue weighted by atomic mass is 15.0. The molecule has 0 N–H and O–H groups in total. The van der Waals surface area contributed by atoms with Gasteiger partial charge in [0.2, 0.25) is 0 Å². The maximum atomic E-state index is 2.50. The van der Waals surface area contributed by atoms with Gasteiger partial charge in [-0.3, -0.25) is 0 Å². The molecule has 0 spiro atoms. The van der Waals surface area contributed by atoms with E-state index >= 15 is 0 Å². The zero-order chi connectivity index (χ0) is 15.6. The molecule has 1 nitrogen and oxygen atoms in total. The Morgan fingerprint density at radius 2 is 1.87 bits per heavy atom. The number of nitrogens with zero attached hydrogens (tertiary/aromatic N) is 1. The summed E-state index contributed by atoms with van der Waals surface area (Å²) in [6.07, 6.45) is 8.17. The minimum atomic E-state index is 0.472. The van der Waals surface area contributed by atoms with Gasteiger partial charge in [-0.05, 0) is 67.5 Å². The minimum absolute atomic E-state index is 0.472. The lowest BCUT2D eigenvalue weighted by molar-refractivity contribution is 0.642. The zero-order valence-corrected chi connectivity index (χ0v) is 13.8. The summed E-state index contributed by atoms with van der Waals surface area (Å²) in [5.41, 5.74) is 8.94. The van der Waals surface area contributed by atoms with E-state index in [0.29, 0.717) is 6.04 Å². The van der Waals surface area contributed by atoms with Gasteiger partial charge in [0.15, 0.2) is 0 Å². The van der Waals surface area contributed by atoms with Crippen molar-refractivity contribution in [2.24, 2.45) is 0 Å². The van der Waals surface area contributed by atoms with Crippen molar-refractivity contribution in [3.63, 3.8) is 0 Å². The second kappa shape index (κ2) is 4.61. The molecule has 1 aromatic heterocycles. The Morgan fingerprint density at radius 1 is 1.00 bits per heavy atom. The van der Waals surface area contributed by atoms with E-state index in [1.54, 1.807) is 16.7 Å². The van der Waals surface area contributed by atoms with E-state index in [1.165, 1.54) is 40.2 Å². The molecule has 0 unspecified atom stereocenters. The average molecular weight is 299 g/mol. The first-order valence-corrected chi connectivity index (χ1v) is 8.69. The monoisotopic (exact) mass is 299 g/mol. The molecular weight excluding hydrogens is 278 g/mol. The van der Waals surface area contributed by atoms with Gasteiger partial charge < -0.3 is 4.57 Å². The standard InChI is InChI=1S/C22H21N/c1-14(2)23-20-10-6-5-9-18(20)22-19-13-15-7-3-4-8-16(15)17(19)11-12-21(22)23/h3,5-7,9-12,14H,4,8,13H2,1-2H3. The van der Waals surface area contributed by atoms with Gasteiger partial charge in [0.25, 0.3) is 0 Å². The average Bonchev–Trinajstić information content (AvgIpc) is 3.10. The SMILES string of the molecule is CC(C)n1c2ccccc2c2c3c(ccc21)C1=C(C=CCC1)C3. The van der Waals surface area contributed by atoms with Crippen molar-refractivity contribution in [3.8, 4) is 0 Å². The van der Waals surface area contributed by atoms with E-state index in [2.05, 4.69) is 67.0 Å². The Labute approximate surface area is 136 Å². The van der Waals surface area contributed by atoms with Gasteiger partial charge in [-0.25, -0.2) is 0 Å². The van der Waals surface area contributed by atoms with Gasteiger partial charge in [0.05, 0.1) is 0 Å². The smallest absolute Gasteiger partial charge is 0.0497 e. The van der Waals surface area contributed by atoms with Crippen molar-refractivity contribution in [2.75, 3.05) is 0 Å². The van der Waals surface area contributed by atoms with Crippen LogP contribution in [0.2, 0.25) is 0 Å². The molecule has 0 bridgehead atoms. The Bertz CT molecular complexity index is 1010. The fourth-order valence-corrected chi connectivity index (χ4v) is 4.56. The van der Waals surface area contributed by atoms with Crippen LogP contribution in [-0.2, 0) is 6.42 Å². The lowest BCUT2D eigenvalue weighted by Gasteiger charge is -2.12. The summed E-state index contributed by atoms with van der Waals surface area (Å²) >= 11 is 0. The van der Waals surface area contributed by atoms with Crippen LogP contribution in [0.4, 0.5) is 0 Å². The highest BCUT2D eigenvalue weighted by molar-refractivity contribution is 6.12. The molecule has 0 saturated heterocycles. The van der Waals surface area contributed by atoms with Gasteiger partial charge in [-0.15, -0.1) is 0 Å². The molecule has 1 heteroatoms. The lowest BCUT2D eigenvalue weighted by Crippen LogP contribution is -2.00. The maximum absolute atomic E-state index is 2.50. The van der Waals surface area contributed by atoms with Crippen LogP contribution in [0.15, 0.2) is 54.1 Å². The van der Waals surface area contributed by atoms with E-state index in [-0.39, 0.29) is 0 Å². The van der Waals surface area contributed by atoms with Crippen LogP contribution in [-0.4, -0.2) is 4.57 Å². The second-order valence-corrected chi connectivity index (χ2v) is 7.09. The van der Waals surface area contributed by atoms with E-state index in [4.69, 9.17) is 0 Å². The van der Waals surface area contributed by atoms with Crippen molar-refractivity contribution >= 4 is 27.4 Å². The van der Waals surface area contributed by atoms with Crippen LogP contribution in [0.3, 0.4) is 0 Å². The number of benzene rings is 2. The molecule has 23 heavy (non-hydrogen) atoms. The molecule has 1 heterocycles. The van der Waals surface area contributed by atoms with E-state index in [0.717, 1.165) is 6.42 Å². The van der Waals surface area contributed by atoms with Crippen molar-refractivity contribution in [1.29, 1.82) is 0 Å². The maximum Gasteiger partial charge on any atom is 0.0497 e. The molecule has 0 atom stereocenters. The molecule has 0 saturated carbocycles. The first-order valence-electron chi connectivity index (χ1n) is 8.69. The largest absolute Gasteiger partial charge is 0.338 e. The molecule has 0 radical (unpaired) electrons. The summed E-state index contributed by atoms with van der Waals surface area (Å²) in [5, 5.41) is 2.89. The van der Waals surface area contributed by atoms with E-state index in [1.807, 2.05) is 0 Å². The van der Waals surface area contributed by atoms with E-state index < -0.39 is 0 Å². The van der Waals surface area contributed by atoms with Crippen LogP contribution in [0.5, 0.6) is 0 Å². The summed E-state index contributed by atoms with van der Waals surface area (Å²) < 4.78 is 2.50. The van der Waals surface area contributed by atoms with Crippen LogP contribution < -0.4 is 0 Å². The molecule has 2 aliphatic carbocycles. The molecule has 3 aromatic rings. The first-order chi connectivity index (χ1) is 11.3. The molecule has 2 aromatic carbocycles. The number of para-hydroxylation sites is 1. The Kier molecular flexibility index (Phi) is 2.64. The quantitative estimate of drug-likeness (QED) is 0.516. The first kappa shape index (κ1) is 13.2. The van der Waals surface area contributed by atoms with Crippen LogP contribution >= 0.6 is 0 Å². The molecule has 5 rings (SSSR count). The Hall–Kier alpha value is -2.28. The molecular formula is C22H21N. The van der Waals surface area contributed by atoms with Crippen LogP contribution in [0.25, 0.3) is 27.4 Å². The van der Waals surface area contributed by atoms with Crippen LogP contribution in [0, 0.1) is 0 Å². The van der Waals surface area contributed by atoms with Crippen molar-refractivity contribution in [2.45, 2.75) is 39.2 Å². The molecule has 2 aliphatic rings. The number of hydrogen-bond donors (Lipinski definition) is 0. The predicted octanol–water partition coefficient (Wildman–Crippen LogP) is 6.04. The van der Waals surface area contributed by atoms with Crippen molar-refractivity contribution in [1.82, 2.24) is 4.57 Å². The summed E-state index contributed by atoms with van der Waals surface area (Å²) in [6.45, 7) is 4.57. The fraction of sp³-hybridized carbons (Fsp3) is 0.273. The van der Waals surface area contributed by atoms with Gasteiger partial charge in [0, 0.05) is 27.8 Å². The van der Waals surface area contributed by atoms with Gasteiger partial charge in [-0.2, -0.15) is 0 Å². The Balaban J connectivity index is 1.91. The highest BCUT2D eigenvalue weighted by Crippen LogP contribution is 2.44. The fourth-order valence-electron chi connectivity index (χ4n) is 4.56. The normalized spacial score (nSPS) is 16.7. The zero-order valence-electron chi connectivity index (χ0n) is 13.8. The molecule has 0 amide bonds. The molecule has 114 valence electrons. The van der Waals surface area contributed by atoms with Gasteiger partial charge in [0.1, 0.15) is 0 Å². The summed E-state index contributed by atoms with van der Waals surface area (Å²) in [4.78, 5) is 0.